The van der Waals surface area contributed by atoms with Gasteiger partial charge in [-0.1, -0.05) is 48.7 Å². The Morgan fingerprint density at radius 3 is 2.44 bits per heavy atom. The van der Waals surface area contributed by atoms with Crippen molar-refractivity contribution in [2.24, 2.45) is 5.73 Å². The summed E-state index contributed by atoms with van der Waals surface area (Å²) in [5.74, 6) is -3.97. The van der Waals surface area contributed by atoms with Crippen LogP contribution in [-0.4, -0.2) is 45.0 Å². The number of nitrogens with zero attached hydrogens (tertiary/aromatic N) is 3. The third-order valence-corrected chi connectivity index (χ3v) is 7.61. The molecule has 0 radical (unpaired) electrons. The number of allylic oxidation sites excluding steroid dienone is 2. The third-order valence-electron chi connectivity index (χ3n) is 7.61. The maximum absolute atomic E-state index is 14.4. The van der Waals surface area contributed by atoms with E-state index >= 15 is 0 Å². The minimum Gasteiger partial charge on any atom is -0.366 e. The molecule has 0 saturated heterocycles. The number of hydrogen-bond acceptors (Lipinski definition) is 5. The van der Waals surface area contributed by atoms with Gasteiger partial charge in [0.25, 0.3) is 5.91 Å². The predicted octanol–water partition coefficient (Wildman–Crippen LogP) is 6.84. The minimum atomic E-state index is -0.985. The fraction of sp³-hybridized carbons (Fsp3) is 0.361. The zero-order valence-electron chi connectivity index (χ0n) is 27.5. The molecule has 1 aliphatic rings. The SMILES string of the molecule is CCCC(C1=CCCC=C1)N(CC(=O)NC(Cc1cc(F)cc(F)c1)c1ncccc1-c1ccc(F)c(C(N)=O)c1)[N+](=O)OC(C)(C)C. The van der Waals surface area contributed by atoms with Gasteiger partial charge in [-0.3, -0.25) is 14.6 Å². The molecule has 2 atom stereocenters. The fourth-order valence-electron chi connectivity index (χ4n) is 5.60. The molecule has 254 valence electrons. The Morgan fingerprint density at radius 1 is 1.08 bits per heavy atom. The van der Waals surface area contributed by atoms with Gasteiger partial charge in [-0.05, 0) is 93.5 Å². The average Bonchev–Trinajstić information content (AvgIpc) is 3.01. The Kier molecular flexibility index (Phi) is 11.7. The largest absolute Gasteiger partial charge is 0.366 e. The van der Waals surface area contributed by atoms with Gasteiger partial charge in [0, 0.05) is 17.8 Å². The Morgan fingerprint density at radius 2 is 1.81 bits per heavy atom. The monoisotopic (exact) mass is 664 g/mol. The molecule has 2 unspecified atom stereocenters. The minimum absolute atomic E-state index is 0.0971. The van der Waals surface area contributed by atoms with Crippen LogP contribution in [0.3, 0.4) is 0 Å². The Labute approximate surface area is 278 Å². The first-order valence-corrected chi connectivity index (χ1v) is 15.8. The Bertz CT molecular complexity index is 1700. The molecule has 2 aromatic carbocycles. The van der Waals surface area contributed by atoms with Crippen LogP contribution in [0.25, 0.3) is 11.1 Å². The molecule has 1 aliphatic carbocycles. The molecular weight excluding hydrogens is 623 g/mol. The smallest absolute Gasteiger partial charge is 0.361 e. The van der Waals surface area contributed by atoms with Crippen LogP contribution < -0.4 is 11.1 Å². The lowest BCUT2D eigenvalue weighted by atomic mass is 9.94. The average molecular weight is 665 g/mol. The van der Waals surface area contributed by atoms with E-state index in [4.69, 9.17) is 10.6 Å². The quantitative estimate of drug-likeness (QED) is 0.182. The van der Waals surface area contributed by atoms with Crippen molar-refractivity contribution in [1.82, 2.24) is 15.3 Å². The molecule has 1 aromatic heterocycles. The van der Waals surface area contributed by atoms with Crippen molar-refractivity contribution in [1.29, 1.82) is 0 Å². The van der Waals surface area contributed by atoms with Crippen molar-refractivity contribution >= 4 is 11.8 Å². The van der Waals surface area contributed by atoms with Crippen molar-refractivity contribution < 1.29 is 32.6 Å². The molecule has 1 heterocycles. The van der Waals surface area contributed by atoms with Gasteiger partial charge in [0.1, 0.15) is 28.4 Å². The maximum Gasteiger partial charge on any atom is 0.361 e. The number of halogens is 3. The van der Waals surface area contributed by atoms with E-state index in [0.29, 0.717) is 29.0 Å². The molecule has 48 heavy (non-hydrogen) atoms. The summed E-state index contributed by atoms with van der Waals surface area (Å²) in [5, 5.41) is 4.60. The number of hydrogen-bond donors (Lipinski definition) is 2. The first kappa shape index (κ1) is 35.8. The molecule has 9 nitrogen and oxygen atoms in total. The van der Waals surface area contributed by atoms with E-state index in [1.165, 1.54) is 23.3 Å². The van der Waals surface area contributed by atoms with Crippen LogP contribution in [0.4, 0.5) is 13.2 Å². The van der Waals surface area contributed by atoms with Crippen LogP contribution in [0.2, 0.25) is 0 Å². The lowest BCUT2D eigenvalue weighted by Gasteiger charge is -2.27. The van der Waals surface area contributed by atoms with Crippen LogP contribution >= 0.6 is 0 Å². The molecular formula is C36H41F3N5O4+. The number of amides is 2. The second kappa shape index (κ2) is 15.7. The second-order valence-electron chi connectivity index (χ2n) is 12.6. The number of benzene rings is 2. The van der Waals surface area contributed by atoms with Crippen molar-refractivity contribution in [3.63, 3.8) is 0 Å². The molecule has 3 aromatic rings. The molecule has 3 N–H and O–H groups in total. The van der Waals surface area contributed by atoms with E-state index < -0.39 is 53.5 Å². The van der Waals surface area contributed by atoms with Crippen molar-refractivity contribution in [2.75, 3.05) is 6.54 Å². The summed E-state index contributed by atoms with van der Waals surface area (Å²) in [4.78, 5) is 49.6. The van der Waals surface area contributed by atoms with Gasteiger partial charge in [0.15, 0.2) is 12.1 Å². The first-order valence-electron chi connectivity index (χ1n) is 15.8. The van der Waals surface area contributed by atoms with Crippen LogP contribution in [0.15, 0.2) is 78.5 Å². The zero-order valence-corrected chi connectivity index (χ0v) is 27.5. The molecule has 0 fully saturated rings. The van der Waals surface area contributed by atoms with Gasteiger partial charge in [0.2, 0.25) is 5.91 Å². The highest BCUT2D eigenvalue weighted by Gasteiger charge is 2.39. The highest BCUT2D eigenvalue weighted by atomic mass is 19.1. The number of nitrogens with two attached hydrogens (primary N) is 1. The van der Waals surface area contributed by atoms with Crippen LogP contribution in [0.1, 0.15) is 81.0 Å². The van der Waals surface area contributed by atoms with Crippen LogP contribution in [-0.2, 0) is 16.1 Å². The number of carbonyl (C=O) groups is 2. The summed E-state index contributed by atoms with van der Waals surface area (Å²) in [5.41, 5.74) is 6.37. The third kappa shape index (κ3) is 9.52. The van der Waals surface area contributed by atoms with E-state index in [2.05, 4.69) is 10.3 Å². The lowest BCUT2D eigenvalue weighted by Crippen LogP contribution is -2.50. The number of aromatic nitrogens is 1. The number of primary amides is 1. The topological polar surface area (TPSA) is 118 Å². The second-order valence-corrected chi connectivity index (χ2v) is 12.6. The summed E-state index contributed by atoms with van der Waals surface area (Å²) in [6.45, 7) is 6.73. The normalized spacial score (nSPS) is 14.1. The number of hydrazine groups is 1. The van der Waals surface area contributed by atoms with Crippen LogP contribution in [0, 0.1) is 22.4 Å². The summed E-state index contributed by atoms with van der Waals surface area (Å²) in [6, 6.07) is 8.66. The van der Waals surface area contributed by atoms with E-state index in [1.807, 2.05) is 25.2 Å². The molecule has 0 aliphatic heterocycles. The standard InChI is InChI=1S/C36H40F3N5O4/c1-5-10-32(24-11-7-6-8-12-24)43(44(47)48-36(2,3)4)22-33(45)42-31(19-23-17-26(37)21-27(38)18-23)34-28(13-9-16-41-34)25-14-15-30(39)29(20-25)35(40)46/h7,9,11-18,20-21,31-32H,5-6,8,10,19,22H2,1-4H3,(H2-,40,42,45,46)/p+1. The van der Waals surface area contributed by atoms with Gasteiger partial charge in [-0.25, -0.2) is 13.2 Å². The zero-order chi connectivity index (χ0) is 35.0. The number of pyridine rings is 1. The van der Waals surface area contributed by atoms with Crippen molar-refractivity contribution in [3.8, 4) is 11.1 Å². The summed E-state index contributed by atoms with van der Waals surface area (Å²) < 4.78 is 42.9. The van der Waals surface area contributed by atoms with Gasteiger partial charge in [-0.15, -0.1) is 0 Å². The molecule has 2 amide bonds. The lowest BCUT2D eigenvalue weighted by molar-refractivity contribution is -0.925. The van der Waals surface area contributed by atoms with Gasteiger partial charge < -0.3 is 11.1 Å². The van der Waals surface area contributed by atoms with Crippen molar-refractivity contribution in [2.45, 2.75) is 77.5 Å². The first-order chi connectivity index (χ1) is 22.8. The van der Waals surface area contributed by atoms with Gasteiger partial charge >= 0.3 is 5.03 Å². The highest BCUT2D eigenvalue weighted by molar-refractivity contribution is 5.94. The number of rotatable bonds is 14. The van der Waals surface area contributed by atoms with Crippen molar-refractivity contribution in [3.05, 3.63) is 118 Å². The predicted molar refractivity (Wildman–Crippen MR) is 175 cm³/mol. The molecule has 4 rings (SSSR count). The molecule has 0 saturated carbocycles. The van der Waals surface area contributed by atoms with E-state index in [9.17, 15) is 27.7 Å². The Balaban J connectivity index is 1.75. The van der Waals surface area contributed by atoms with Gasteiger partial charge in [0.05, 0.1) is 17.3 Å². The maximum atomic E-state index is 14.4. The Hall–Kier alpha value is -5.00. The number of nitrogens with one attached hydrogen (secondary N) is 1. The van der Waals surface area contributed by atoms with Gasteiger partial charge in [-0.2, -0.15) is 4.84 Å². The molecule has 0 spiro atoms. The van der Waals surface area contributed by atoms with Crippen LogP contribution in [0.5, 0.6) is 0 Å². The summed E-state index contributed by atoms with van der Waals surface area (Å²) in [6.07, 6.45) is 10.3. The molecule has 12 heteroatoms. The summed E-state index contributed by atoms with van der Waals surface area (Å²) >= 11 is 0. The van der Waals surface area contributed by atoms with E-state index in [0.717, 1.165) is 42.7 Å². The highest BCUT2D eigenvalue weighted by Crippen LogP contribution is 2.31. The number of carbonyl (C=O) groups excluding carboxylic acids is 2. The van der Waals surface area contributed by atoms with E-state index in [-0.39, 0.29) is 23.2 Å². The fourth-order valence-corrected chi connectivity index (χ4v) is 5.60. The molecule has 0 bridgehead atoms. The summed E-state index contributed by atoms with van der Waals surface area (Å²) in [7, 11) is 0. The van der Waals surface area contributed by atoms with E-state index in [1.54, 1.807) is 32.9 Å².